The van der Waals surface area contributed by atoms with E-state index in [2.05, 4.69) is 10.3 Å². The summed E-state index contributed by atoms with van der Waals surface area (Å²) in [4.78, 5) is 24.5. The Bertz CT molecular complexity index is 552. The number of pyridine rings is 1. The van der Waals surface area contributed by atoms with Gasteiger partial charge in [0.2, 0.25) is 5.69 Å². The van der Waals surface area contributed by atoms with E-state index in [4.69, 9.17) is 10.4 Å². The first kappa shape index (κ1) is 14.4. The summed E-state index contributed by atoms with van der Waals surface area (Å²) in [5, 5.41) is 31.1. The monoisotopic (exact) mass is 264 g/mol. The van der Waals surface area contributed by atoms with Gasteiger partial charge in [-0.1, -0.05) is 0 Å². The van der Waals surface area contributed by atoms with Crippen LogP contribution in [-0.2, 0) is 4.79 Å². The van der Waals surface area contributed by atoms with Gasteiger partial charge in [0, 0.05) is 12.1 Å². The molecule has 2 N–H and O–H groups in total. The summed E-state index contributed by atoms with van der Waals surface area (Å²) in [7, 11) is 0. The molecule has 2 atom stereocenters. The number of nitro groups is 1. The van der Waals surface area contributed by atoms with Crippen LogP contribution in [0.3, 0.4) is 0 Å². The zero-order valence-corrected chi connectivity index (χ0v) is 10.3. The third-order valence-electron chi connectivity index (χ3n) is 2.69. The van der Waals surface area contributed by atoms with Gasteiger partial charge in [-0.3, -0.25) is 14.9 Å². The molecule has 2 unspecified atom stereocenters. The number of hydrogen-bond acceptors (Lipinski definition) is 6. The molecule has 0 radical (unpaired) electrons. The Morgan fingerprint density at radius 3 is 2.68 bits per heavy atom. The molecule has 0 bridgehead atoms. The van der Waals surface area contributed by atoms with E-state index in [1.165, 1.54) is 13.0 Å². The minimum absolute atomic E-state index is 0.225. The number of nitrogens with one attached hydrogen (secondary N) is 1. The van der Waals surface area contributed by atoms with E-state index in [0.717, 1.165) is 6.07 Å². The van der Waals surface area contributed by atoms with Gasteiger partial charge in [0.1, 0.15) is 11.9 Å². The van der Waals surface area contributed by atoms with Gasteiger partial charge in [-0.2, -0.15) is 5.26 Å². The summed E-state index contributed by atoms with van der Waals surface area (Å²) < 4.78 is 0. The van der Waals surface area contributed by atoms with Gasteiger partial charge in [-0.15, -0.1) is 0 Å². The molecular weight excluding hydrogens is 252 g/mol. The third-order valence-corrected chi connectivity index (χ3v) is 2.69. The van der Waals surface area contributed by atoms with Crippen LogP contribution in [0, 0.1) is 27.4 Å². The number of carboxylic acid groups (broad SMARTS) is 1. The van der Waals surface area contributed by atoms with Crippen LogP contribution in [0.2, 0.25) is 0 Å². The van der Waals surface area contributed by atoms with Crippen molar-refractivity contribution in [2.45, 2.75) is 19.9 Å². The molecule has 1 heterocycles. The average molecular weight is 264 g/mol. The van der Waals surface area contributed by atoms with E-state index in [1.807, 2.05) is 0 Å². The summed E-state index contributed by atoms with van der Waals surface area (Å²) in [6, 6.07) is 3.70. The number of hydrogen-bond donors (Lipinski definition) is 2. The molecule has 19 heavy (non-hydrogen) atoms. The molecule has 1 aromatic heterocycles. The summed E-state index contributed by atoms with van der Waals surface area (Å²) in [6.45, 7) is 3.17. The second-order valence-corrected chi connectivity index (χ2v) is 3.99. The van der Waals surface area contributed by atoms with Crippen molar-refractivity contribution < 1.29 is 14.8 Å². The lowest BCUT2D eigenvalue weighted by Crippen LogP contribution is -2.30. The molecule has 0 aliphatic carbocycles. The summed E-state index contributed by atoms with van der Waals surface area (Å²) in [5.41, 5.74) is -0.697. The largest absolute Gasteiger partial charge is 0.481 e. The second-order valence-electron chi connectivity index (χ2n) is 3.99. The molecule has 0 aromatic carbocycles. The molecule has 0 saturated heterocycles. The Morgan fingerprint density at radius 1 is 1.58 bits per heavy atom. The Morgan fingerprint density at radius 2 is 2.21 bits per heavy atom. The van der Waals surface area contributed by atoms with Crippen LogP contribution in [0.15, 0.2) is 12.1 Å². The van der Waals surface area contributed by atoms with E-state index < -0.39 is 22.9 Å². The van der Waals surface area contributed by atoms with Gasteiger partial charge in [0.05, 0.1) is 10.8 Å². The molecule has 100 valence electrons. The number of rotatable bonds is 5. The Hall–Kier alpha value is -2.69. The number of nitriles is 1. The summed E-state index contributed by atoms with van der Waals surface area (Å²) in [5.74, 6) is -1.41. The van der Waals surface area contributed by atoms with Crippen LogP contribution >= 0.6 is 0 Å². The first-order valence-electron chi connectivity index (χ1n) is 5.41. The standard InChI is InChI=1S/C11H12N4O4/c1-6(11(16)17)7(2)13-10-4-3-9(15(18)19)8(5-12)14-10/h3-4,6-7H,1-2H3,(H,13,14)(H,16,17). The smallest absolute Gasteiger partial charge is 0.308 e. The number of aliphatic carboxylic acids is 1. The van der Waals surface area contributed by atoms with Crippen molar-refractivity contribution in [1.29, 1.82) is 5.26 Å². The van der Waals surface area contributed by atoms with Crippen LogP contribution in [0.5, 0.6) is 0 Å². The van der Waals surface area contributed by atoms with Gasteiger partial charge < -0.3 is 10.4 Å². The Kier molecular flexibility index (Phi) is 4.36. The Balaban J connectivity index is 2.96. The second kappa shape index (κ2) is 5.77. The predicted octanol–water partition coefficient (Wildman–Crippen LogP) is 1.38. The van der Waals surface area contributed by atoms with Crippen molar-refractivity contribution in [3.05, 3.63) is 27.9 Å². The molecule has 0 saturated carbocycles. The average Bonchev–Trinajstić information content (AvgIpc) is 2.36. The van der Waals surface area contributed by atoms with Crippen molar-refractivity contribution in [2.75, 3.05) is 5.32 Å². The van der Waals surface area contributed by atoms with Gasteiger partial charge in [-0.05, 0) is 19.9 Å². The minimum Gasteiger partial charge on any atom is -0.481 e. The number of aromatic nitrogens is 1. The molecule has 0 spiro atoms. The molecule has 1 rings (SSSR count). The van der Waals surface area contributed by atoms with Gasteiger partial charge >= 0.3 is 11.7 Å². The van der Waals surface area contributed by atoms with E-state index in [9.17, 15) is 14.9 Å². The highest BCUT2D eigenvalue weighted by atomic mass is 16.6. The van der Waals surface area contributed by atoms with Gasteiger partial charge in [-0.25, -0.2) is 4.98 Å². The van der Waals surface area contributed by atoms with E-state index in [1.54, 1.807) is 13.0 Å². The maximum Gasteiger partial charge on any atom is 0.308 e. The molecule has 0 amide bonds. The lowest BCUT2D eigenvalue weighted by molar-refractivity contribution is -0.385. The number of anilines is 1. The van der Waals surface area contributed by atoms with Crippen LogP contribution in [0.25, 0.3) is 0 Å². The maximum absolute atomic E-state index is 10.8. The maximum atomic E-state index is 10.8. The number of carboxylic acids is 1. The Labute approximate surface area is 108 Å². The fraction of sp³-hybridized carbons (Fsp3) is 0.364. The van der Waals surface area contributed by atoms with Crippen LogP contribution in [0.1, 0.15) is 19.5 Å². The van der Waals surface area contributed by atoms with E-state index >= 15 is 0 Å². The van der Waals surface area contributed by atoms with Gasteiger partial charge in [0.15, 0.2) is 0 Å². The van der Waals surface area contributed by atoms with E-state index in [0.29, 0.717) is 0 Å². The van der Waals surface area contributed by atoms with E-state index in [-0.39, 0.29) is 17.2 Å². The van der Waals surface area contributed by atoms with Crippen molar-refractivity contribution in [2.24, 2.45) is 5.92 Å². The predicted molar refractivity (Wildman–Crippen MR) is 65.5 cm³/mol. The first-order chi connectivity index (χ1) is 8.86. The third kappa shape index (κ3) is 3.38. The van der Waals surface area contributed by atoms with Crippen molar-refractivity contribution >= 4 is 17.5 Å². The summed E-state index contributed by atoms with van der Waals surface area (Å²) in [6.07, 6.45) is 0. The van der Waals surface area contributed by atoms with Crippen molar-refractivity contribution in [1.82, 2.24) is 4.98 Å². The number of nitrogens with zero attached hydrogens (tertiary/aromatic N) is 3. The molecule has 0 aliphatic rings. The molecule has 8 nitrogen and oxygen atoms in total. The topological polar surface area (TPSA) is 129 Å². The van der Waals surface area contributed by atoms with Gasteiger partial charge in [0.25, 0.3) is 0 Å². The van der Waals surface area contributed by atoms with Crippen LogP contribution in [-0.4, -0.2) is 27.0 Å². The van der Waals surface area contributed by atoms with Crippen molar-refractivity contribution in [3.8, 4) is 6.07 Å². The molecule has 0 aliphatic heterocycles. The lowest BCUT2D eigenvalue weighted by Gasteiger charge is -2.18. The van der Waals surface area contributed by atoms with Crippen LogP contribution in [0.4, 0.5) is 11.5 Å². The molecule has 8 heteroatoms. The minimum atomic E-state index is -0.970. The molecule has 0 fully saturated rings. The lowest BCUT2D eigenvalue weighted by atomic mass is 10.0. The fourth-order valence-corrected chi connectivity index (χ4v) is 1.33. The van der Waals surface area contributed by atoms with Crippen LogP contribution < -0.4 is 5.32 Å². The fourth-order valence-electron chi connectivity index (χ4n) is 1.33. The highest BCUT2D eigenvalue weighted by Crippen LogP contribution is 2.19. The SMILES string of the molecule is CC(Nc1ccc([N+](=O)[O-])c(C#N)n1)C(C)C(=O)O. The normalized spacial score (nSPS) is 13.1. The highest BCUT2D eigenvalue weighted by molar-refractivity contribution is 5.71. The first-order valence-corrected chi connectivity index (χ1v) is 5.41. The zero-order chi connectivity index (χ0) is 14.6. The highest BCUT2D eigenvalue weighted by Gasteiger charge is 2.21. The zero-order valence-electron chi connectivity index (χ0n) is 10.3. The quantitative estimate of drug-likeness (QED) is 0.606. The molecule has 1 aromatic rings. The molecular formula is C11H12N4O4. The van der Waals surface area contributed by atoms with Crippen molar-refractivity contribution in [3.63, 3.8) is 0 Å². The summed E-state index contributed by atoms with van der Waals surface area (Å²) >= 11 is 0. The number of carbonyl (C=O) groups is 1.